The van der Waals surface area contributed by atoms with Crippen molar-refractivity contribution in [3.8, 4) is 0 Å². The van der Waals surface area contributed by atoms with Crippen molar-refractivity contribution >= 4 is 12.0 Å². The highest BCUT2D eigenvalue weighted by Gasteiger charge is 2.32. The Labute approximate surface area is 143 Å². The summed E-state index contributed by atoms with van der Waals surface area (Å²) >= 11 is 0. The molecule has 3 rings (SSSR count). The second-order valence-corrected chi connectivity index (χ2v) is 7.28. The number of aliphatic carboxylic acids is 1. The predicted molar refractivity (Wildman–Crippen MR) is 92.1 cm³/mol. The molecule has 5 nitrogen and oxygen atoms in total. The molecule has 1 aromatic carbocycles. The Morgan fingerprint density at radius 3 is 2.75 bits per heavy atom. The molecule has 24 heavy (non-hydrogen) atoms. The van der Waals surface area contributed by atoms with Crippen LogP contribution in [0, 0.1) is 5.92 Å². The Morgan fingerprint density at radius 2 is 2.08 bits per heavy atom. The number of fused-ring (bicyclic) bond motifs is 1. The van der Waals surface area contributed by atoms with Crippen LogP contribution in [0.5, 0.6) is 0 Å². The first-order valence-electron chi connectivity index (χ1n) is 8.86. The normalized spacial score (nSPS) is 23.2. The number of hydrogen-bond donors (Lipinski definition) is 2. The Balaban J connectivity index is 1.72. The lowest BCUT2D eigenvalue weighted by molar-refractivity contribution is -0.141. The fourth-order valence-corrected chi connectivity index (χ4v) is 3.71. The van der Waals surface area contributed by atoms with Gasteiger partial charge in [-0.05, 0) is 48.3 Å². The third-order valence-electron chi connectivity index (χ3n) is 5.27. The molecule has 1 unspecified atom stereocenters. The van der Waals surface area contributed by atoms with Gasteiger partial charge >= 0.3 is 12.0 Å². The molecule has 0 saturated carbocycles. The van der Waals surface area contributed by atoms with E-state index in [2.05, 4.69) is 37.4 Å². The van der Waals surface area contributed by atoms with Crippen molar-refractivity contribution < 1.29 is 14.7 Å². The molecule has 5 heteroatoms. The van der Waals surface area contributed by atoms with Crippen LogP contribution in [-0.2, 0) is 11.2 Å². The second kappa shape index (κ2) is 6.83. The van der Waals surface area contributed by atoms with Gasteiger partial charge in [0.05, 0.1) is 12.0 Å². The highest BCUT2D eigenvalue weighted by Crippen LogP contribution is 2.32. The summed E-state index contributed by atoms with van der Waals surface area (Å²) in [5.41, 5.74) is 3.84. The molecule has 0 bridgehead atoms. The van der Waals surface area contributed by atoms with Gasteiger partial charge in [0.15, 0.2) is 0 Å². The van der Waals surface area contributed by atoms with E-state index < -0.39 is 11.9 Å². The van der Waals surface area contributed by atoms with E-state index in [0.29, 0.717) is 25.4 Å². The van der Waals surface area contributed by atoms with Gasteiger partial charge in [-0.15, -0.1) is 0 Å². The zero-order chi connectivity index (χ0) is 17.3. The number of rotatable bonds is 3. The number of nitrogens with zero attached hydrogens (tertiary/aromatic N) is 1. The number of likely N-dealkylation sites (tertiary alicyclic amines) is 1. The van der Waals surface area contributed by atoms with Crippen molar-refractivity contribution in [3.05, 3.63) is 34.9 Å². The lowest BCUT2D eigenvalue weighted by Gasteiger charge is -2.29. The van der Waals surface area contributed by atoms with Crippen LogP contribution in [0.3, 0.4) is 0 Å². The Bertz CT molecular complexity index is 641. The van der Waals surface area contributed by atoms with E-state index >= 15 is 0 Å². The smallest absolute Gasteiger partial charge is 0.317 e. The van der Waals surface area contributed by atoms with Crippen LogP contribution in [0.4, 0.5) is 4.79 Å². The van der Waals surface area contributed by atoms with Gasteiger partial charge in [0.1, 0.15) is 0 Å². The molecule has 1 aromatic rings. The summed E-state index contributed by atoms with van der Waals surface area (Å²) in [4.78, 5) is 25.2. The quantitative estimate of drug-likeness (QED) is 0.893. The molecule has 2 amide bonds. The maximum Gasteiger partial charge on any atom is 0.317 e. The van der Waals surface area contributed by atoms with Crippen molar-refractivity contribution in [2.75, 3.05) is 13.1 Å². The highest BCUT2D eigenvalue weighted by atomic mass is 16.4. The second-order valence-electron chi connectivity index (χ2n) is 7.28. The summed E-state index contributed by atoms with van der Waals surface area (Å²) in [5.74, 6) is -0.777. The number of nitrogens with one attached hydrogen (secondary N) is 1. The minimum absolute atomic E-state index is 0.0313. The summed E-state index contributed by atoms with van der Waals surface area (Å²) in [6, 6.07) is 6.51. The number of hydrogen-bond acceptors (Lipinski definition) is 2. The number of carbonyl (C=O) groups is 2. The Morgan fingerprint density at radius 1 is 1.29 bits per heavy atom. The molecule has 0 aromatic heterocycles. The first-order chi connectivity index (χ1) is 11.5. The third-order valence-corrected chi connectivity index (χ3v) is 5.27. The number of aryl methyl sites for hydroxylation is 1. The molecular formula is C19H26N2O3. The number of carboxylic acid groups (broad SMARTS) is 1. The summed E-state index contributed by atoms with van der Waals surface area (Å²) in [5, 5.41) is 12.2. The molecule has 0 radical (unpaired) electrons. The summed E-state index contributed by atoms with van der Waals surface area (Å²) in [7, 11) is 0. The molecular weight excluding hydrogens is 304 g/mol. The summed E-state index contributed by atoms with van der Waals surface area (Å²) < 4.78 is 0. The van der Waals surface area contributed by atoms with Gasteiger partial charge in [-0.1, -0.05) is 32.0 Å². The number of benzene rings is 1. The summed E-state index contributed by atoms with van der Waals surface area (Å²) in [6.45, 7) is 5.18. The van der Waals surface area contributed by atoms with Crippen molar-refractivity contribution in [2.45, 2.75) is 51.5 Å². The monoisotopic (exact) mass is 330 g/mol. The number of urea groups is 1. The van der Waals surface area contributed by atoms with Crippen molar-refractivity contribution in [2.24, 2.45) is 5.92 Å². The van der Waals surface area contributed by atoms with Gasteiger partial charge in [0.25, 0.3) is 0 Å². The Hall–Kier alpha value is -2.04. The van der Waals surface area contributed by atoms with Gasteiger partial charge in [0.2, 0.25) is 0 Å². The number of carbonyl (C=O) groups excluding carboxylic acids is 1. The lowest BCUT2D eigenvalue weighted by Crippen LogP contribution is -2.41. The fraction of sp³-hybridized carbons (Fsp3) is 0.579. The van der Waals surface area contributed by atoms with Crippen molar-refractivity contribution in [1.82, 2.24) is 10.2 Å². The van der Waals surface area contributed by atoms with E-state index in [9.17, 15) is 9.59 Å². The van der Waals surface area contributed by atoms with Gasteiger partial charge < -0.3 is 15.3 Å². The number of amides is 2. The molecule has 2 N–H and O–H groups in total. The van der Waals surface area contributed by atoms with E-state index in [0.717, 1.165) is 19.3 Å². The standard InChI is InChI=1S/C19H26N2O3/c1-12(2)14-7-6-13-4-3-5-17(16(13)10-14)20-19(24)21-9-8-15(11-21)18(22)23/h6-7,10,12,15,17H,3-5,8-9,11H2,1-2H3,(H,20,24)(H,22,23)/t15?,17-/m1/s1. The molecule has 1 saturated heterocycles. The van der Waals surface area contributed by atoms with Crippen LogP contribution in [0.25, 0.3) is 0 Å². The zero-order valence-corrected chi connectivity index (χ0v) is 14.4. The van der Waals surface area contributed by atoms with E-state index in [1.807, 2.05) is 0 Å². The Kier molecular flexibility index (Phi) is 4.78. The summed E-state index contributed by atoms with van der Waals surface area (Å²) in [6.07, 6.45) is 3.61. The van der Waals surface area contributed by atoms with Crippen molar-refractivity contribution in [3.63, 3.8) is 0 Å². The lowest BCUT2D eigenvalue weighted by atomic mass is 9.85. The van der Waals surface area contributed by atoms with E-state index in [1.165, 1.54) is 16.7 Å². The molecule has 130 valence electrons. The van der Waals surface area contributed by atoms with E-state index in [4.69, 9.17) is 5.11 Å². The van der Waals surface area contributed by atoms with Crippen molar-refractivity contribution in [1.29, 1.82) is 0 Å². The molecule has 0 spiro atoms. The molecule has 1 fully saturated rings. The minimum atomic E-state index is -0.810. The van der Waals surface area contributed by atoms with Crippen LogP contribution in [0.15, 0.2) is 18.2 Å². The minimum Gasteiger partial charge on any atom is -0.481 e. The maximum absolute atomic E-state index is 12.5. The SMILES string of the molecule is CC(C)c1ccc2c(c1)[C@H](NC(=O)N1CCC(C(=O)O)C1)CCC2. The average Bonchev–Trinajstić information content (AvgIpc) is 3.05. The van der Waals surface area contributed by atoms with Crippen LogP contribution in [0.1, 0.15) is 61.8 Å². The van der Waals surface area contributed by atoms with Gasteiger partial charge in [0, 0.05) is 13.1 Å². The van der Waals surface area contributed by atoms with Crippen LogP contribution >= 0.6 is 0 Å². The number of carboxylic acids is 1. The van der Waals surface area contributed by atoms with Gasteiger partial charge in [-0.2, -0.15) is 0 Å². The largest absolute Gasteiger partial charge is 0.481 e. The molecule has 1 heterocycles. The maximum atomic E-state index is 12.5. The molecule has 1 aliphatic heterocycles. The van der Waals surface area contributed by atoms with Crippen LogP contribution in [0.2, 0.25) is 0 Å². The molecule has 2 aliphatic rings. The van der Waals surface area contributed by atoms with E-state index in [1.54, 1.807) is 4.90 Å². The van der Waals surface area contributed by atoms with Gasteiger partial charge in [-0.25, -0.2) is 4.79 Å². The molecule has 1 aliphatic carbocycles. The van der Waals surface area contributed by atoms with Crippen LogP contribution in [-0.4, -0.2) is 35.1 Å². The molecule has 2 atom stereocenters. The first kappa shape index (κ1) is 16.8. The van der Waals surface area contributed by atoms with E-state index in [-0.39, 0.29) is 12.1 Å². The zero-order valence-electron chi connectivity index (χ0n) is 14.4. The topological polar surface area (TPSA) is 69.6 Å². The van der Waals surface area contributed by atoms with Crippen LogP contribution < -0.4 is 5.32 Å². The first-order valence-corrected chi connectivity index (χ1v) is 8.86. The highest BCUT2D eigenvalue weighted by molar-refractivity contribution is 5.77. The third kappa shape index (κ3) is 3.40. The predicted octanol–water partition coefficient (Wildman–Crippen LogP) is 3.30. The van der Waals surface area contributed by atoms with Gasteiger partial charge in [-0.3, -0.25) is 4.79 Å². The fourth-order valence-electron chi connectivity index (χ4n) is 3.71. The average molecular weight is 330 g/mol.